The third-order valence-electron chi connectivity index (χ3n) is 3.53. The minimum absolute atomic E-state index is 0.0250. The number of piperidine rings is 1. The van der Waals surface area contributed by atoms with Crippen LogP contribution >= 0.6 is 15.9 Å². The molecule has 1 aliphatic heterocycles. The van der Waals surface area contributed by atoms with E-state index in [0.29, 0.717) is 18.7 Å². The minimum Gasteiger partial charge on any atom is -0.469 e. The summed E-state index contributed by atoms with van der Waals surface area (Å²) < 4.78 is 5.67. The lowest BCUT2D eigenvalue weighted by molar-refractivity contribution is -0.146. The summed E-state index contributed by atoms with van der Waals surface area (Å²) in [6.45, 7) is 3.09. The first-order chi connectivity index (χ1) is 9.51. The van der Waals surface area contributed by atoms with Crippen molar-refractivity contribution in [3.8, 4) is 0 Å². The van der Waals surface area contributed by atoms with Crippen molar-refractivity contribution in [3.05, 3.63) is 33.8 Å². The first-order valence-corrected chi connectivity index (χ1v) is 7.45. The monoisotopic (exact) mass is 339 g/mol. The van der Waals surface area contributed by atoms with Crippen LogP contribution in [0.15, 0.2) is 22.7 Å². The second kappa shape index (κ2) is 6.39. The van der Waals surface area contributed by atoms with Gasteiger partial charge in [-0.05, 0) is 43.5 Å². The van der Waals surface area contributed by atoms with Crippen LogP contribution in [0.25, 0.3) is 0 Å². The van der Waals surface area contributed by atoms with E-state index in [2.05, 4.69) is 15.9 Å². The maximum absolute atomic E-state index is 12.5. The number of hydrogen-bond donors (Lipinski definition) is 0. The van der Waals surface area contributed by atoms with Crippen molar-refractivity contribution in [1.29, 1.82) is 0 Å². The number of hydrogen-bond acceptors (Lipinski definition) is 3. The van der Waals surface area contributed by atoms with E-state index in [1.807, 2.05) is 25.1 Å². The fourth-order valence-corrected chi connectivity index (χ4v) is 3.17. The Hall–Kier alpha value is -1.36. The maximum atomic E-state index is 12.5. The van der Waals surface area contributed by atoms with E-state index in [1.54, 1.807) is 4.90 Å². The first-order valence-electron chi connectivity index (χ1n) is 6.65. The third-order valence-corrected chi connectivity index (χ3v) is 3.99. The highest BCUT2D eigenvalue weighted by Gasteiger charge is 2.29. The second-order valence-electron chi connectivity index (χ2n) is 5.13. The topological polar surface area (TPSA) is 46.6 Å². The molecule has 0 saturated carbocycles. The summed E-state index contributed by atoms with van der Waals surface area (Å²) in [6.07, 6.45) is 1.62. The predicted octanol–water partition coefficient (Wildman–Crippen LogP) is 2.78. The molecule has 108 valence electrons. The molecule has 0 spiro atoms. The molecule has 1 heterocycles. The highest BCUT2D eigenvalue weighted by atomic mass is 79.9. The van der Waals surface area contributed by atoms with Crippen molar-refractivity contribution in [3.63, 3.8) is 0 Å². The Morgan fingerprint density at radius 3 is 2.75 bits per heavy atom. The number of amides is 1. The molecule has 2 rings (SSSR count). The van der Waals surface area contributed by atoms with Crippen LogP contribution in [0.5, 0.6) is 0 Å². The maximum Gasteiger partial charge on any atom is 0.310 e. The standard InChI is InChI=1S/C15H18BrNO3/c1-10-6-12(8-13(16)7-10)14(18)17-5-3-4-11(9-17)15(19)20-2/h6-8,11H,3-5,9H2,1-2H3/t11-/m0/s1. The minimum atomic E-state index is -0.229. The summed E-state index contributed by atoms with van der Waals surface area (Å²) in [4.78, 5) is 25.9. The molecule has 4 nitrogen and oxygen atoms in total. The predicted molar refractivity (Wildman–Crippen MR) is 79.5 cm³/mol. The Bertz CT molecular complexity index is 510. The summed E-state index contributed by atoms with van der Waals surface area (Å²) in [6, 6.07) is 5.65. The molecule has 0 aromatic heterocycles. The van der Waals surface area contributed by atoms with Crippen molar-refractivity contribution in [1.82, 2.24) is 4.90 Å². The molecule has 1 aromatic carbocycles. The van der Waals surface area contributed by atoms with Crippen molar-refractivity contribution >= 4 is 27.8 Å². The van der Waals surface area contributed by atoms with Gasteiger partial charge in [-0.15, -0.1) is 0 Å². The number of carbonyl (C=O) groups excluding carboxylic acids is 2. The molecule has 1 fully saturated rings. The Labute approximate surface area is 127 Å². The second-order valence-corrected chi connectivity index (χ2v) is 6.05. The Balaban J connectivity index is 2.14. The smallest absolute Gasteiger partial charge is 0.310 e. The molecular weight excluding hydrogens is 322 g/mol. The van der Waals surface area contributed by atoms with Gasteiger partial charge >= 0.3 is 5.97 Å². The molecule has 20 heavy (non-hydrogen) atoms. The molecule has 1 saturated heterocycles. The van der Waals surface area contributed by atoms with Crippen molar-refractivity contribution in [2.75, 3.05) is 20.2 Å². The zero-order valence-electron chi connectivity index (χ0n) is 11.7. The van der Waals surface area contributed by atoms with E-state index < -0.39 is 0 Å². The number of esters is 1. The van der Waals surface area contributed by atoms with E-state index in [-0.39, 0.29) is 17.8 Å². The average Bonchev–Trinajstić information content (AvgIpc) is 2.44. The van der Waals surface area contributed by atoms with Gasteiger partial charge in [-0.3, -0.25) is 9.59 Å². The van der Waals surface area contributed by atoms with Crippen molar-refractivity contribution in [2.45, 2.75) is 19.8 Å². The van der Waals surface area contributed by atoms with E-state index in [9.17, 15) is 9.59 Å². The number of likely N-dealkylation sites (tertiary alicyclic amines) is 1. The molecule has 1 aromatic rings. The van der Waals surface area contributed by atoms with E-state index in [1.165, 1.54) is 7.11 Å². The largest absolute Gasteiger partial charge is 0.469 e. The molecule has 5 heteroatoms. The Morgan fingerprint density at radius 1 is 1.35 bits per heavy atom. The molecule has 0 radical (unpaired) electrons. The van der Waals surface area contributed by atoms with Gasteiger partial charge in [-0.1, -0.05) is 15.9 Å². The van der Waals surface area contributed by atoms with Crippen molar-refractivity contribution in [2.24, 2.45) is 5.92 Å². The summed E-state index contributed by atoms with van der Waals surface area (Å²) in [5, 5.41) is 0. The van der Waals surface area contributed by atoms with Gasteiger partial charge in [-0.25, -0.2) is 0 Å². The quantitative estimate of drug-likeness (QED) is 0.778. The van der Waals surface area contributed by atoms with E-state index in [0.717, 1.165) is 22.9 Å². The summed E-state index contributed by atoms with van der Waals surface area (Å²) in [5.74, 6) is -0.457. The first kappa shape index (κ1) is 15.0. The van der Waals surface area contributed by atoms with Gasteiger partial charge in [0.05, 0.1) is 13.0 Å². The highest BCUT2D eigenvalue weighted by molar-refractivity contribution is 9.10. The molecule has 0 aliphatic carbocycles. The van der Waals surface area contributed by atoms with Crippen LogP contribution in [0, 0.1) is 12.8 Å². The number of ether oxygens (including phenoxy) is 1. The van der Waals surface area contributed by atoms with Crippen LogP contribution in [-0.4, -0.2) is 37.0 Å². The highest BCUT2D eigenvalue weighted by Crippen LogP contribution is 2.22. The lowest BCUT2D eigenvalue weighted by Crippen LogP contribution is -2.42. The number of nitrogens with zero attached hydrogens (tertiary/aromatic N) is 1. The summed E-state index contributed by atoms with van der Waals surface area (Å²) >= 11 is 3.41. The molecular formula is C15H18BrNO3. The third kappa shape index (κ3) is 3.39. The summed E-state index contributed by atoms with van der Waals surface area (Å²) in [7, 11) is 1.39. The number of benzene rings is 1. The molecule has 0 bridgehead atoms. The van der Waals surface area contributed by atoms with Gasteiger partial charge in [0, 0.05) is 23.1 Å². The van der Waals surface area contributed by atoms with Gasteiger partial charge in [0.1, 0.15) is 0 Å². The van der Waals surface area contributed by atoms with Gasteiger partial charge in [0.2, 0.25) is 0 Å². The van der Waals surface area contributed by atoms with Crippen LogP contribution in [0.3, 0.4) is 0 Å². The SMILES string of the molecule is COC(=O)[C@H]1CCCN(C(=O)c2cc(C)cc(Br)c2)C1. The number of rotatable bonds is 2. The zero-order chi connectivity index (χ0) is 14.7. The average molecular weight is 340 g/mol. The van der Waals surface area contributed by atoms with Crippen LogP contribution in [0.2, 0.25) is 0 Å². The number of halogens is 1. The van der Waals surface area contributed by atoms with E-state index >= 15 is 0 Å². The summed E-state index contributed by atoms with van der Waals surface area (Å²) in [5.41, 5.74) is 1.69. The fourth-order valence-electron chi connectivity index (χ4n) is 2.56. The zero-order valence-corrected chi connectivity index (χ0v) is 13.3. The van der Waals surface area contributed by atoms with Gasteiger partial charge < -0.3 is 9.64 Å². The van der Waals surface area contributed by atoms with Gasteiger partial charge in [0.25, 0.3) is 5.91 Å². The number of methoxy groups -OCH3 is 1. The fraction of sp³-hybridized carbons (Fsp3) is 0.467. The molecule has 1 aliphatic rings. The van der Waals surface area contributed by atoms with Crippen LogP contribution in [0.1, 0.15) is 28.8 Å². The number of aryl methyl sites for hydroxylation is 1. The molecule has 1 amide bonds. The van der Waals surface area contributed by atoms with Gasteiger partial charge in [0.15, 0.2) is 0 Å². The Kier molecular flexibility index (Phi) is 4.81. The molecule has 0 unspecified atom stereocenters. The van der Waals surface area contributed by atoms with E-state index in [4.69, 9.17) is 4.74 Å². The van der Waals surface area contributed by atoms with Crippen LogP contribution in [0.4, 0.5) is 0 Å². The lowest BCUT2D eigenvalue weighted by Gasteiger charge is -2.31. The lowest BCUT2D eigenvalue weighted by atomic mass is 9.97. The van der Waals surface area contributed by atoms with Crippen LogP contribution < -0.4 is 0 Å². The number of carbonyl (C=O) groups is 2. The normalized spacial score (nSPS) is 18.8. The van der Waals surface area contributed by atoms with Crippen molar-refractivity contribution < 1.29 is 14.3 Å². The van der Waals surface area contributed by atoms with Crippen LogP contribution in [-0.2, 0) is 9.53 Å². The Morgan fingerprint density at radius 2 is 2.10 bits per heavy atom. The molecule has 1 atom stereocenters. The van der Waals surface area contributed by atoms with Gasteiger partial charge in [-0.2, -0.15) is 0 Å². The molecule has 0 N–H and O–H groups in total.